The topological polar surface area (TPSA) is 75.7 Å². The van der Waals surface area contributed by atoms with Gasteiger partial charge in [0, 0.05) is 19.2 Å². The summed E-state index contributed by atoms with van der Waals surface area (Å²) in [6, 6.07) is 16.3. The first-order valence-corrected chi connectivity index (χ1v) is 12.2. The molecule has 0 saturated carbocycles. The standard InChI is InChI=1S/C26H32N2O4S/c1-20(29)33-26(2,19-21-10-5-3-6-11-21)25(31)27-23-13-9-12-22(18-23)24(30)32-17-16-28-14-7-4-8-15-28/h3,5-6,9-13,18H,4,7-8,14-17,19H2,1-2H3,(H,27,31). The van der Waals surface area contributed by atoms with Crippen molar-refractivity contribution in [1.29, 1.82) is 0 Å². The lowest BCUT2D eigenvalue weighted by atomic mass is 9.99. The van der Waals surface area contributed by atoms with Gasteiger partial charge in [0.25, 0.3) is 0 Å². The molecular weight excluding hydrogens is 436 g/mol. The molecule has 3 rings (SSSR count). The predicted octanol–water partition coefficient (Wildman–Crippen LogP) is 4.55. The summed E-state index contributed by atoms with van der Waals surface area (Å²) in [7, 11) is 0. The van der Waals surface area contributed by atoms with E-state index in [1.807, 2.05) is 30.3 Å². The van der Waals surface area contributed by atoms with E-state index in [9.17, 15) is 14.4 Å². The van der Waals surface area contributed by atoms with Crippen LogP contribution in [0.4, 0.5) is 5.69 Å². The van der Waals surface area contributed by atoms with Gasteiger partial charge in [-0.2, -0.15) is 0 Å². The van der Waals surface area contributed by atoms with Crippen LogP contribution >= 0.6 is 11.8 Å². The van der Waals surface area contributed by atoms with Gasteiger partial charge >= 0.3 is 5.97 Å². The van der Waals surface area contributed by atoms with Crippen LogP contribution in [0.2, 0.25) is 0 Å². The van der Waals surface area contributed by atoms with E-state index in [0.717, 1.165) is 37.0 Å². The second-order valence-electron chi connectivity index (χ2n) is 8.56. The maximum absolute atomic E-state index is 13.2. The summed E-state index contributed by atoms with van der Waals surface area (Å²) in [6.45, 7) is 6.42. The van der Waals surface area contributed by atoms with Gasteiger partial charge in [-0.25, -0.2) is 4.79 Å². The van der Waals surface area contributed by atoms with Gasteiger partial charge in [-0.15, -0.1) is 0 Å². The number of likely N-dealkylation sites (tertiary alicyclic amines) is 1. The summed E-state index contributed by atoms with van der Waals surface area (Å²) in [4.78, 5) is 39.9. The first kappa shape index (κ1) is 25.0. The number of hydrogen-bond donors (Lipinski definition) is 1. The number of benzene rings is 2. The van der Waals surface area contributed by atoms with Crippen molar-refractivity contribution in [3.63, 3.8) is 0 Å². The van der Waals surface area contributed by atoms with Crippen molar-refractivity contribution >= 4 is 34.4 Å². The van der Waals surface area contributed by atoms with Crippen LogP contribution in [0.3, 0.4) is 0 Å². The Labute approximate surface area is 200 Å². The molecule has 6 nitrogen and oxygen atoms in total. The van der Waals surface area contributed by atoms with Gasteiger partial charge in [0.15, 0.2) is 5.12 Å². The fourth-order valence-electron chi connectivity index (χ4n) is 3.99. The number of esters is 1. The van der Waals surface area contributed by atoms with Gasteiger partial charge in [-0.3, -0.25) is 14.5 Å². The molecular formula is C26H32N2O4S. The summed E-state index contributed by atoms with van der Waals surface area (Å²) in [5, 5.41) is 2.75. The van der Waals surface area contributed by atoms with Crippen LogP contribution in [0, 0.1) is 0 Å². The van der Waals surface area contributed by atoms with E-state index in [1.165, 1.54) is 26.2 Å². The number of nitrogens with zero attached hydrogens (tertiary/aromatic N) is 1. The van der Waals surface area contributed by atoms with Crippen LogP contribution in [-0.4, -0.2) is 52.9 Å². The minimum absolute atomic E-state index is 0.130. The maximum Gasteiger partial charge on any atom is 0.338 e. The van der Waals surface area contributed by atoms with Crippen molar-refractivity contribution in [1.82, 2.24) is 4.90 Å². The Kier molecular flexibility index (Phi) is 9.09. The molecule has 2 aromatic rings. The quantitative estimate of drug-likeness (QED) is 0.544. The molecule has 1 saturated heterocycles. The smallest absolute Gasteiger partial charge is 0.338 e. The first-order chi connectivity index (χ1) is 15.9. The Bertz CT molecular complexity index is 960. The zero-order valence-corrected chi connectivity index (χ0v) is 20.2. The lowest BCUT2D eigenvalue weighted by Gasteiger charge is -2.27. The highest BCUT2D eigenvalue weighted by Crippen LogP contribution is 2.31. The second-order valence-corrected chi connectivity index (χ2v) is 10.2. The number of carbonyl (C=O) groups is 3. The molecule has 0 aromatic heterocycles. The molecule has 1 aliphatic rings. The van der Waals surface area contributed by atoms with E-state index in [-0.39, 0.29) is 11.0 Å². The third kappa shape index (κ3) is 7.72. The minimum Gasteiger partial charge on any atom is -0.461 e. The molecule has 0 radical (unpaired) electrons. The zero-order chi connectivity index (χ0) is 23.7. The Balaban J connectivity index is 1.62. The molecule has 2 aromatic carbocycles. The average molecular weight is 469 g/mol. The number of amides is 1. The van der Waals surface area contributed by atoms with Crippen LogP contribution in [0.5, 0.6) is 0 Å². The van der Waals surface area contributed by atoms with Gasteiger partial charge in [-0.1, -0.05) is 54.6 Å². The zero-order valence-electron chi connectivity index (χ0n) is 19.3. The molecule has 0 bridgehead atoms. The van der Waals surface area contributed by atoms with Crippen molar-refractivity contribution < 1.29 is 19.1 Å². The van der Waals surface area contributed by atoms with Crippen LogP contribution in [0.25, 0.3) is 0 Å². The number of carbonyl (C=O) groups excluding carboxylic acids is 3. The number of hydrogen-bond acceptors (Lipinski definition) is 6. The Hall–Kier alpha value is -2.64. The van der Waals surface area contributed by atoms with E-state index < -0.39 is 10.7 Å². The molecule has 1 amide bonds. The monoisotopic (exact) mass is 468 g/mol. The normalized spacial score (nSPS) is 15.9. The molecule has 33 heavy (non-hydrogen) atoms. The fraction of sp³-hybridized carbons (Fsp3) is 0.423. The van der Waals surface area contributed by atoms with E-state index >= 15 is 0 Å². The van der Waals surface area contributed by atoms with Crippen LogP contribution in [0.15, 0.2) is 54.6 Å². The van der Waals surface area contributed by atoms with Crippen LogP contribution in [-0.2, 0) is 20.7 Å². The number of thioether (sulfide) groups is 1. The summed E-state index contributed by atoms with van der Waals surface area (Å²) in [6.07, 6.45) is 4.06. The highest BCUT2D eigenvalue weighted by molar-refractivity contribution is 8.15. The maximum atomic E-state index is 13.2. The molecule has 176 valence electrons. The Morgan fingerprint density at radius 1 is 1.03 bits per heavy atom. The molecule has 1 N–H and O–H groups in total. The molecule has 1 heterocycles. The van der Waals surface area contributed by atoms with Crippen LogP contribution in [0.1, 0.15) is 49.0 Å². The van der Waals surface area contributed by atoms with Gasteiger partial charge in [0.2, 0.25) is 5.91 Å². The highest BCUT2D eigenvalue weighted by Gasteiger charge is 2.36. The summed E-state index contributed by atoms with van der Waals surface area (Å²) in [5.74, 6) is -0.699. The summed E-state index contributed by atoms with van der Waals surface area (Å²) < 4.78 is 4.46. The molecule has 1 atom stereocenters. The Morgan fingerprint density at radius 2 is 1.76 bits per heavy atom. The number of anilines is 1. The van der Waals surface area contributed by atoms with Crippen molar-refractivity contribution in [2.45, 2.75) is 44.3 Å². The van der Waals surface area contributed by atoms with Gasteiger partial charge in [0.05, 0.1) is 5.56 Å². The molecule has 1 fully saturated rings. The van der Waals surface area contributed by atoms with E-state index in [0.29, 0.717) is 24.3 Å². The van der Waals surface area contributed by atoms with Gasteiger partial charge < -0.3 is 10.1 Å². The third-order valence-corrected chi connectivity index (χ3v) is 6.75. The third-order valence-electron chi connectivity index (χ3n) is 5.68. The largest absolute Gasteiger partial charge is 0.461 e. The lowest BCUT2D eigenvalue weighted by molar-refractivity contribution is -0.118. The number of nitrogens with one attached hydrogen (secondary N) is 1. The predicted molar refractivity (Wildman–Crippen MR) is 132 cm³/mol. The van der Waals surface area contributed by atoms with Gasteiger partial charge in [0.1, 0.15) is 11.4 Å². The number of rotatable bonds is 9. The number of ether oxygens (including phenoxy) is 1. The summed E-state index contributed by atoms with van der Waals surface area (Å²) in [5.41, 5.74) is 1.85. The van der Waals surface area contributed by atoms with E-state index in [2.05, 4.69) is 10.2 Å². The minimum atomic E-state index is -0.988. The van der Waals surface area contributed by atoms with Crippen molar-refractivity contribution in [2.24, 2.45) is 0 Å². The first-order valence-electron chi connectivity index (χ1n) is 11.4. The molecule has 1 aliphatic heterocycles. The number of piperidine rings is 1. The van der Waals surface area contributed by atoms with Gasteiger partial charge in [-0.05, 0) is 63.0 Å². The molecule has 1 unspecified atom stereocenters. The highest BCUT2D eigenvalue weighted by atomic mass is 32.2. The van der Waals surface area contributed by atoms with Crippen molar-refractivity contribution in [2.75, 3.05) is 31.6 Å². The molecule has 0 spiro atoms. The van der Waals surface area contributed by atoms with E-state index in [4.69, 9.17) is 4.74 Å². The van der Waals surface area contributed by atoms with E-state index in [1.54, 1.807) is 31.2 Å². The Morgan fingerprint density at radius 3 is 2.45 bits per heavy atom. The molecule has 7 heteroatoms. The van der Waals surface area contributed by atoms with Crippen molar-refractivity contribution in [3.8, 4) is 0 Å². The van der Waals surface area contributed by atoms with Crippen molar-refractivity contribution in [3.05, 3.63) is 65.7 Å². The fourth-order valence-corrected chi connectivity index (χ4v) is 5.00. The average Bonchev–Trinajstić information content (AvgIpc) is 2.80. The lowest BCUT2D eigenvalue weighted by Crippen LogP contribution is -2.40. The summed E-state index contributed by atoms with van der Waals surface area (Å²) >= 11 is 1.01. The molecule has 0 aliphatic carbocycles. The second kappa shape index (κ2) is 12.0. The SMILES string of the molecule is CC(=O)SC(C)(Cc1ccccc1)C(=O)Nc1cccc(C(=O)OCCN2CCCCC2)c1. The van der Waals surface area contributed by atoms with Crippen LogP contribution < -0.4 is 5.32 Å².